The van der Waals surface area contributed by atoms with Gasteiger partial charge in [0.15, 0.2) is 0 Å². The SMILES string of the molecule is CN(C)c1ccccc1-c1nn[nH]n1. The molecule has 72 valence electrons. The molecule has 0 saturated heterocycles. The van der Waals surface area contributed by atoms with Crippen molar-refractivity contribution >= 4 is 5.69 Å². The van der Waals surface area contributed by atoms with E-state index in [1.54, 1.807) is 0 Å². The van der Waals surface area contributed by atoms with Gasteiger partial charge in [-0.15, -0.1) is 10.2 Å². The van der Waals surface area contributed by atoms with Crippen molar-refractivity contribution in [2.24, 2.45) is 0 Å². The van der Waals surface area contributed by atoms with Gasteiger partial charge in [-0.1, -0.05) is 12.1 Å². The predicted octanol–water partition coefficient (Wildman–Crippen LogP) is 0.933. The van der Waals surface area contributed by atoms with Crippen molar-refractivity contribution in [1.29, 1.82) is 0 Å². The van der Waals surface area contributed by atoms with Crippen molar-refractivity contribution in [3.63, 3.8) is 0 Å². The largest absolute Gasteiger partial charge is 0.377 e. The van der Waals surface area contributed by atoms with Crippen molar-refractivity contribution < 1.29 is 0 Å². The third-order valence-corrected chi connectivity index (χ3v) is 1.97. The Bertz CT molecular complexity index is 407. The van der Waals surface area contributed by atoms with Crippen LogP contribution in [0.2, 0.25) is 0 Å². The number of H-pyrrole nitrogens is 1. The molecule has 2 rings (SSSR count). The van der Waals surface area contributed by atoms with Gasteiger partial charge in [0.1, 0.15) is 0 Å². The minimum Gasteiger partial charge on any atom is -0.377 e. The van der Waals surface area contributed by atoms with Crippen LogP contribution in [0.1, 0.15) is 0 Å². The third-order valence-electron chi connectivity index (χ3n) is 1.97. The molecule has 0 amide bonds. The van der Waals surface area contributed by atoms with Crippen LogP contribution < -0.4 is 4.90 Å². The molecule has 0 bridgehead atoms. The first-order chi connectivity index (χ1) is 6.79. The number of nitrogens with zero attached hydrogens (tertiary/aromatic N) is 4. The first kappa shape index (κ1) is 8.68. The Balaban J connectivity index is 2.53. The minimum absolute atomic E-state index is 0.620. The molecule has 1 aromatic carbocycles. The summed E-state index contributed by atoms with van der Waals surface area (Å²) in [7, 11) is 3.97. The van der Waals surface area contributed by atoms with Gasteiger partial charge in [-0.25, -0.2) is 0 Å². The number of para-hydroxylation sites is 1. The number of rotatable bonds is 2. The number of tetrazole rings is 1. The van der Waals surface area contributed by atoms with Gasteiger partial charge in [-0.05, 0) is 17.3 Å². The highest BCUT2D eigenvalue weighted by Crippen LogP contribution is 2.25. The molecule has 0 aliphatic carbocycles. The van der Waals surface area contributed by atoms with E-state index in [-0.39, 0.29) is 0 Å². The van der Waals surface area contributed by atoms with Crippen LogP contribution in [0.25, 0.3) is 11.4 Å². The second-order valence-corrected chi connectivity index (χ2v) is 3.15. The van der Waals surface area contributed by atoms with E-state index in [0.717, 1.165) is 11.3 Å². The molecule has 0 radical (unpaired) electrons. The molecule has 0 saturated carbocycles. The third kappa shape index (κ3) is 1.44. The predicted molar refractivity (Wildman–Crippen MR) is 53.9 cm³/mol. The van der Waals surface area contributed by atoms with Crippen LogP contribution in [0.5, 0.6) is 0 Å². The summed E-state index contributed by atoms with van der Waals surface area (Å²) in [6.45, 7) is 0. The molecule has 0 unspecified atom stereocenters. The number of hydrogen-bond acceptors (Lipinski definition) is 4. The number of benzene rings is 1. The van der Waals surface area contributed by atoms with Crippen molar-refractivity contribution in [2.45, 2.75) is 0 Å². The lowest BCUT2D eigenvalue weighted by molar-refractivity contribution is 0.881. The first-order valence-corrected chi connectivity index (χ1v) is 4.29. The highest BCUT2D eigenvalue weighted by molar-refractivity contribution is 5.73. The van der Waals surface area contributed by atoms with E-state index in [1.165, 1.54) is 0 Å². The zero-order valence-electron chi connectivity index (χ0n) is 8.10. The van der Waals surface area contributed by atoms with Crippen molar-refractivity contribution in [1.82, 2.24) is 20.6 Å². The van der Waals surface area contributed by atoms with Gasteiger partial charge in [0.2, 0.25) is 5.82 Å². The van der Waals surface area contributed by atoms with Crippen LogP contribution in [0.4, 0.5) is 5.69 Å². The molecule has 0 atom stereocenters. The monoisotopic (exact) mass is 189 g/mol. The highest BCUT2D eigenvalue weighted by atomic mass is 15.5. The molecule has 0 spiro atoms. The molecule has 5 heteroatoms. The molecule has 1 aromatic heterocycles. The molecule has 5 nitrogen and oxygen atoms in total. The zero-order chi connectivity index (χ0) is 9.97. The second-order valence-electron chi connectivity index (χ2n) is 3.15. The number of aromatic nitrogens is 4. The Morgan fingerprint density at radius 1 is 1.21 bits per heavy atom. The van der Waals surface area contributed by atoms with E-state index in [1.807, 2.05) is 43.3 Å². The maximum Gasteiger partial charge on any atom is 0.206 e. The lowest BCUT2D eigenvalue weighted by atomic mass is 10.1. The standard InChI is InChI=1S/C9H11N5/c1-14(2)8-6-4-3-5-7(8)9-10-12-13-11-9/h3-6H,1-2H3,(H,10,11,12,13). The van der Waals surface area contributed by atoms with E-state index < -0.39 is 0 Å². The van der Waals surface area contributed by atoms with E-state index >= 15 is 0 Å². The van der Waals surface area contributed by atoms with Crippen LogP contribution in [0, 0.1) is 0 Å². The van der Waals surface area contributed by atoms with Gasteiger partial charge >= 0.3 is 0 Å². The number of hydrogen-bond donors (Lipinski definition) is 1. The maximum atomic E-state index is 3.96. The first-order valence-electron chi connectivity index (χ1n) is 4.29. The van der Waals surface area contributed by atoms with Gasteiger partial charge in [0, 0.05) is 25.3 Å². The summed E-state index contributed by atoms with van der Waals surface area (Å²) in [5.41, 5.74) is 2.06. The van der Waals surface area contributed by atoms with Crippen LogP contribution in [-0.4, -0.2) is 34.7 Å². The molecule has 1 heterocycles. The lowest BCUT2D eigenvalue weighted by Gasteiger charge is -2.14. The summed E-state index contributed by atoms with van der Waals surface area (Å²) < 4.78 is 0. The number of nitrogens with one attached hydrogen (secondary N) is 1. The van der Waals surface area contributed by atoms with Crippen LogP contribution >= 0.6 is 0 Å². The Morgan fingerprint density at radius 2 is 2.00 bits per heavy atom. The topological polar surface area (TPSA) is 57.7 Å². The van der Waals surface area contributed by atoms with E-state index in [0.29, 0.717) is 5.82 Å². The summed E-state index contributed by atoms with van der Waals surface area (Å²) in [4.78, 5) is 2.02. The van der Waals surface area contributed by atoms with Gasteiger partial charge in [0.05, 0.1) is 0 Å². The van der Waals surface area contributed by atoms with Crippen LogP contribution in [0.15, 0.2) is 24.3 Å². The van der Waals surface area contributed by atoms with Gasteiger partial charge in [-0.2, -0.15) is 5.21 Å². The average molecular weight is 189 g/mol. The van der Waals surface area contributed by atoms with Crippen LogP contribution in [-0.2, 0) is 0 Å². The summed E-state index contributed by atoms with van der Waals surface area (Å²) in [6.07, 6.45) is 0. The van der Waals surface area contributed by atoms with Crippen LogP contribution in [0.3, 0.4) is 0 Å². The Kier molecular flexibility index (Phi) is 2.14. The molecule has 1 N–H and O–H groups in total. The van der Waals surface area contributed by atoms with Gasteiger partial charge in [-0.3, -0.25) is 0 Å². The Labute approximate surface area is 81.8 Å². The fourth-order valence-electron chi connectivity index (χ4n) is 1.33. The zero-order valence-corrected chi connectivity index (χ0v) is 8.10. The minimum atomic E-state index is 0.620. The van der Waals surface area contributed by atoms with Crippen molar-refractivity contribution in [3.05, 3.63) is 24.3 Å². The molecule has 2 aromatic rings. The summed E-state index contributed by atoms with van der Waals surface area (Å²) >= 11 is 0. The average Bonchev–Trinajstić information content (AvgIpc) is 2.70. The summed E-state index contributed by atoms with van der Waals surface area (Å²) in [6, 6.07) is 7.93. The number of aromatic amines is 1. The van der Waals surface area contributed by atoms with E-state index in [9.17, 15) is 0 Å². The number of anilines is 1. The Hall–Kier alpha value is -1.91. The van der Waals surface area contributed by atoms with Gasteiger partial charge in [0.25, 0.3) is 0 Å². The molecule has 14 heavy (non-hydrogen) atoms. The lowest BCUT2D eigenvalue weighted by Crippen LogP contribution is -2.10. The fourth-order valence-corrected chi connectivity index (χ4v) is 1.33. The second kappa shape index (κ2) is 3.45. The highest BCUT2D eigenvalue weighted by Gasteiger charge is 2.09. The molecule has 0 aliphatic heterocycles. The summed E-state index contributed by atoms with van der Waals surface area (Å²) in [5.74, 6) is 0.620. The summed E-state index contributed by atoms with van der Waals surface area (Å²) in [5, 5.41) is 13.9. The van der Waals surface area contributed by atoms with E-state index in [4.69, 9.17) is 0 Å². The van der Waals surface area contributed by atoms with Crippen molar-refractivity contribution in [3.8, 4) is 11.4 Å². The Morgan fingerprint density at radius 3 is 2.64 bits per heavy atom. The van der Waals surface area contributed by atoms with E-state index in [2.05, 4.69) is 20.6 Å². The molecular weight excluding hydrogens is 178 g/mol. The maximum absolute atomic E-state index is 3.96. The fraction of sp³-hybridized carbons (Fsp3) is 0.222. The molecular formula is C9H11N5. The van der Waals surface area contributed by atoms with Crippen molar-refractivity contribution in [2.75, 3.05) is 19.0 Å². The molecule has 0 fully saturated rings. The molecule has 0 aliphatic rings. The normalized spacial score (nSPS) is 10.1. The van der Waals surface area contributed by atoms with Gasteiger partial charge < -0.3 is 4.90 Å². The quantitative estimate of drug-likeness (QED) is 0.763. The smallest absolute Gasteiger partial charge is 0.206 e.